The number of rotatable bonds is 5. The van der Waals surface area contributed by atoms with Gasteiger partial charge < -0.3 is 9.64 Å². The molecule has 5 heteroatoms. The molecule has 1 aromatic rings. The summed E-state index contributed by atoms with van der Waals surface area (Å²) in [7, 11) is 0. The first-order valence-corrected chi connectivity index (χ1v) is 8.24. The molecule has 1 aliphatic rings. The maximum atomic E-state index is 12.4. The largest absolute Gasteiger partial charge is 0.482 e. The highest BCUT2D eigenvalue weighted by atomic mass is 35.5. The highest BCUT2D eigenvalue weighted by Gasteiger charge is 2.24. The standard InChI is InChI=1S/C16H21Cl2NO2/c1-2-19(13-6-4-3-5-7-13)16(20)11-21-15-9-8-12(17)10-14(15)18/h8-10,13H,2-7,11H2,1H3. The number of likely N-dealkylation sites (N-methyl/N-ethyl adjacent to an activating group) is 1. The van der Waals surface area contributed by atoms with E-state index in [1.54, 1.807) is 18.2 Å². The highest BCUT2D eigenvalue weighted by molar-refractivity contribution is 6.35. The average Bonchev–Trinajstić information content (AvgIpc) is 2.48. The van der Waals surface area contributed by atoms with Gasteiger partial charge in [-0.25, -0.2) is 0 Å². The van der Waals surface area contributed by atoms with E-state index in [0.29, 0.717) is 21.8 Å². The summed E-state index contributed by atoms with van der Waals surface area (Å²) in [5.41, 5.74) is 0. The van der Waals surface area contributed by atoms with E-state index in [4.69, 9.17) is 27.9 Å². The zero-order valence-corrected chi connectivity index (χ0v) is 13.8. The Kier molecular flexibility index (Phi) is 6.19. The quantitative estimate of drug-likeness (QED) is 0.792. The van der Waals surface area contributed by atoms with Crippen LogP contribution in [-0.4, -0.2) is 30.0 Å². The van der Waals surface area contributed by atoms with Crippen LogP contribution in [0.3, 0.4) is 0 Å². The summed E-state index contributed by atoms with van der Waals surface area (Å²) in [4.78, 5) is 14.3. The van der Waals surface area contributed by atoms with Gasteiger partial charge in [-0.1, -0.05) is 42.5 Å². The molecule has 0 aromatic heterocycles. The molecule has 116 valence electrons. The molecule has 1 amide bonds. The van der Waals surface area contributed by atoms with Crippen molar-refractivity contribution < 1.29 is 9.53 Å². The molecular formula is C16H21Cl2NO2. The zero-order valence-electron chi connectivity index (χ0n) is 12.3. The first-order valence-electron chi connectivity index (χ1n) is 7.49. The minimum atomic E-state index is 0.0195. The van der Waals surface area contributed by atoms with E-state index in [1.807, 2.05) is 11.8 Å². The van der Waals surface area contributed by atoms with Crippen molar-refractivity contribution in [3.05, 3.63) is 28.2 Å². The zero-order chi connectivity index (χ0) is 15.2. The predicted molar refractivity (Wildman–Crippen MR) is 86.2 cm³/mol. The number of hydrogen-bond donors (Lipinski definition) is 0. The fraction of sp³-hybridized carbons (Fsp3) is 0.562. The molecule has 0 N–H and O–H groups in total. The molecule has 0 radical (unpaired) electrons. The fourth-order valence-corrected chi connectivity index (χ4v) is 3.31. The van der Waals surface area contributed by atoms with Gasteiger partial charge in [0.2, 0.25) is 0 Å². The second kappa shape index (κ2) is 7.90. The third kappa shape index (κ3) is 4.52. The summed E-state index contributed by atoms with van der Waals surface area (Å²) in [5, 5.41) is 0.979. The Labute approximate surface area is 136 Å². The van der Waals surface area contributed by atoms with Crippen LogP contribution in [0.5, 0.6) is 5.75 Å². The molecule has 0 saturated heterocycles. The lowest BCUT2D eigenvalue weighted by atomic mass is 9.94. The number of carbonyl (C=O) groups excluding carboxylic acids is 1. The third-order valence-electron chi connectivity index (χ3n) is 3.92. The Morgan fingerprint density at radius 1 is 1.29 bits per heavy atom. The normalized spacial score (nSPS) is 15.8. The van der Waals surface area contributed by atoms with Gasteiger partial charge in [-0.15, -0.1) is 0 Å². The maximum Gasteiger partial charge on any atom is 0.260 e. The van der Waals surface area contributed by atoms with E-state index >= 15 is 0 Å². The Hall–Kier alpha value is -0.930. The van der Waals surface area contributed by atoms with E-state index in [9.17, 15) is 4.79 Å². The van der Waals surface area contributed by atoms with E-state index < -0.39 is 0 Å². The topological polar surface area (TPSA) is 29.5 Å². The molecule has 3 nitrogen and oxygen atoms in total. The van der Waals surface area contributed by atoms with E-state index in [0.717, 1.165) is 19.4 Å². The van der Waals surface area contributed by atoms with Crippen LogP contribution in [0.1, 0.15) is 39.0 Å². The van der Waals surface area contributed by atoms with Gasteiger partial charge in [0.1, 0.15) is 5.75 Å². The summed E-state index contributed by atoms with van der Waals surface area (Å²) in [6, 6.07) is 5.36. The van der Waals surface area contributed by atoms with Gasteiger partial charge in [0, 0.05) is 17.6 Å². The van der Waals surface area contributed by atoms with Crippen LogP contribution in [-0.2, 0) is 4.79 Å². The molecule has 0 heterocycles. The van der Waals surface area contributed by atoms with Crippen molar-refractivity contribution in [1.29, 1.82) is 0 Å². The molecular weight excluding hydrogens is 309 g/mol. The Balaban J connectivity index is 1.92. The number of carbonyl (C=O) groups is 1. The van der Waals surface area contributed by atoms with Crippen LogP contribution in [0.2, 0.25) is 10.0 Å². The molecule has 1 aromatic carbocycles. The lowest BCUT2D eigenvalue weighted by molar-refractivity contribution is -0.136. The Morgan fingerprint density at radius 2 is 2.00 bits per heavy atom. The van der Waals surface area contributed by atoms with Crippen LogP contribution in [0.15, 0.2) is 18.2 Å². The summed E-state index contributed by atoms with van der Waals surface area (Å²) in [5.74, 6) is 0.518. The van der Waals surface area contributed by atoms with Gasteiger partial charge in [-0.3, -0.25) is 4.79 Å². The molecule has 0 atom stereocenters. The van der Waals surface area contributed by atoms with Crippen molar-refractivity contribution in [3.8, 4) is 5.75 Å². The van der Waals surface area contributed by atoms with Gasteiger partial charge in [0.05, 0.1) is 5.02 Å². The van der Waals surface area contributed by atoms with Gasteiger partial charge in [-0.2, -0.15) is 0 Å². The van der Waals surface area contributed by atoms with Crippen molar-refractivity contribution in [1.82, 2.24) is 4.90 Å². The van der Waals surface area contributed by atoms with E-state index in [-0.39, 0.29) is 12.5 Å². The highest BCUT2D eigenvalue weighted by Crippen LogP contribution is 2.28. The number of halogens is 2. The number of hydrogen-bond acceptors (Lipinski definition) is 2. The molecule has 0 spiro atoms. The second-order valence-corrected chi connectivity index (χ2v) is 6.18. The van der Waals surface area contributed by atoms with Crippen molar-refractivity contribution in [2.24, 2.45) is 0 Å². The van der Waals surface area contributed by atoms with Crippen molar-refractivity contribution in [2.75, 3.05) is 13.2 Å². The Morgan fingerprint density at radius 3 is 2.62 bits per heavy atom. The van der Waals surface area contributed by atoms with Crippen LogP contribution in [0.4, 0.5) is 0 Å². The van der Waals surface area contributed by atoms with E-state index in [2.05, 4.69) is 0 Å². The molecule has 0 bridgehead atoms. The minimum Gasteiger partial charge on any atom is -0.482 e. The van der Waals surface area contributed by atoms with Crippen LogP contribution in [0.25, 0.3) is 0 Å². The first kappa shape index (κ1) is 16.4. The van der Waals surface area contributed by atoms with Gasteiger partial charge in [0.15, 0.2) is 6.61 Å². The predicted octanol–water partition coefficient (Wildman–Crippen LogP) is 4.55. The van der Waals surface area contributed by atoms with Gasteiger partial charge >= 0.3 is 0 Å². The molecule has 1 aliphatic carbocycles. The molecule has 2 rings (SSSR count). The maximum absolute atomic E-state index is 12.4. The fourth-order valence-electron chi connectivity index (χ4n) is 2.85. The van der Waals surface area contributed by atoms with Crippen LogP contribution >= 0.6 is 23.2 Å². The van der Waals surface area contributed by atoms with E-state index in [1.165, 1.54) is 19.3 Å². The van der Waals surface area contributed by atoms with Crippen LogP contribution < -0.4 is 4.74 Å². The molecule has 0 aliphatic heterocycles. The smallest absolute Gasteiger partial charge is 0.260 e. The molecule has 1 saturated carbocycles. The monoisotopic (exact) mass is 329 g/mol. The van der Waals surface area contributed by atoms with Gasteiger partial charge in [-0.05, 0) is 38.0 Å². The average molecular weight is 330 g/mol. The summed E-state index contributed by atoms with van der Waals surface area (Å²) >= 11 is 11.9. The summed E-state index contributed by atoms with van der Waals surface area (Å²) in [6.07, 6.45) is 5.89. The molecule has 1 fully saturated rings. The molecule has 21 heavy (non-hydrogen) atoms. The van der Waals surface area contributed by atoms with Crippen molar-refractivity contribution in [2.45, 2.75) is 45.1 Å². The second-order valence-electron chi connectivity index (χ2n) is 5.34. The lowest BCUT2D eigenvalue weighted by Crippen LogP contribution is -2.43. The summed E-state index contributed by atoms with van der Waals surface area (Å²) < 4.78 is 5.55. The SMILES string of the molecule is CCN(C(=O)COc1ccc(Cl)cc1Cl)C1CCCCC1. The van der Waals surface area contributed by atoms with Gasteiger partial charge in [0.25, 0.3) is 5.91 Å². The molecule has 0 unspecified atom stereocenters. The summed E-state index contributed by atoms with van der Waals surface area (Å²) in [6.45, 7) is 2.76. The number of benzene rings is 1. The van der Waals surface area contributed by atoms with Crippen LogP contribution in [0, 0.1) is 0 Å². The first-order chi connectivity index (χ1) is 10.1. The van der Waals surface area contributed by atoms with Crippen molar-refractivity contribution >= 4 is 29.1 Å². The number of nitrogens with zero attached hydrogens (tertiary/aromatic N) is 1. The number of ether oxygens (including phenoxy) is 1. The minimum absolute atomic E-state index is 0.0195. The third-order valence-corrected chi connectivity index (χ3v) is 4.45. The van der Waals surface area contributed by atoms with Crippen molar-refractivity contribution in [3.63, 3.8) is 0 Å². The number of amides is 1. The lowest BCUT2D eigenvalue weighted by Gasteiger charge is -2.33. The Bertz CT molecular complexity index is 487.